The number of nitrogens with one attached hydrogen (secondary N) is 3. The normalized spacial score (nSPS) is 27.7. The zero-order valence-corrected chi connectivity index (χ0v) is 28.2. The van der Waals surface area contributed by atoms with Gasteiger partial charge in [0.2, 0.25) is 11.8 Å². The van der Waals surface area contributed by atoms with Crippen molar-refractivity contribution in [3.8, 4) is 5.75 Å². The Morgan fingerprint density at radius 3 is 2.47 bits per heavy atom. The Bertz CT molecular complexity index is 1440. The summed E-state index contributed by atoms with van der Waals surface area (Å²) in [6.07, 6.45) is 6.39. The van der Waals surface area contributed by atoms with E-state index < -0.39 is 29.8 Å². The van der Waals surface area contributed by atoms with Crippen molar-refractivity contribution in [2.24, 2.45) is 17.8 Å². The van der Waals surface area contributed by atoms with Crippen LogP contribution in [0.2, 0.25) is 0 Å². The summed E-state index contributed by atoms with van der Waals surface area (Å²) in [4.78, 5) is 54.9. The van der Waals surface area contributed by atoms with E-state index in [4.69, 9.17) is 4.74 Å². The van der Waals surface area contributed by atoms with Crippen molar-refractivity contribution in [1.82, 2.24) is 21.1 Å². The molecule has 2 aliphatic rings. The van der Waals surface area contributed by atoms with Crippen molar-refractivity contribution in [3.63, 3.8) is 0 Å². The van der Waals surface area contributed by atoms with Gasteiger partial charge in [0.05, 0.1) is 12.1 Å². The molecule has 4 bridgehead atoms. The molecule has 0 aliphatic carbocycles. The number of allylic oxidation sites excluding steroid dienone is 1. The number of phenols is 1. The number of fused-ring (bicyclic) bond motifs is 4. The van der Waals surface area contributed by atoms with Gasteiger partial charge in [-0.05, 0) is 73.4 Å². The van der Waals surface area contributed by atoms with E-state index in [-0.39, 0.29) is 54.3 Å². The Labute approximate surface area is 278 Å². The van der Waals surface area contributed by atoms with Gasteiger partial charge in [0.25, 0.3) is 5.91 Å². The standard InChI is InChI=1S/C37H50N4O6/c1-23(2)30-22-33(43)24(3)34(47-5)17-7-6-11-26-12-8-14-28(19-26)25(4)38-36(45)31-16-10-18-41(40-31)37(46)32(39-35(30)44)21-27-13-9-15-29(42)20-27/h6,8-9,11-15,19-20,23-25,30-32,34,40,42H,7,10,16-18,21-22H2,1-5H3,(H,38,45)(H,39,44)/b11-6+/t24-,25+,30-,31-,32-,34+/m0/s1. The van der Waals surface area contributed by atoms with E-state index in [9.17, 15) is 24.3 Å². The third-order valence-corrected chi connectivity index (χ3v) is 9.36. The second-order valence-corrected chi connectivity index (χ2v) is 13.2. The fourth-order valence-electron chi connectivity index (χ4n) is 6.34. The number of hydrogen-bond donors (Lipinski definition) is 4. The van der Waals surface area contributed by atoms with Crippen LogP contribution in [0.15, 0.2) is 54.6 Å². The number of ether oxygens (including phenoxy) is 1. The van der Waals surface area contributed by atoms with Crippen LogP contribution in [0.3, 0.4) is 0 Å². The lowest BCUT2D eigenvalue weighted by Crippen LogP contribution is -2.62. The molecule has 0 aromatic heterocycles. The highest BCUT2D eigenvalue weighted by Crippen LogP contribution is 2.24. The SMILES string of the molecule is CO[C@@H]1CC/C=C/c2cccc(c2)[C@@H](C)NC(=O)[C@@H]2CCCN(N2)C(=O)[C@H](Cc2cccc(O)c2)NC(=O)[C@H](C(C)C)CC(=O)[C@@H]1C. The van der Waals surface area contributed by atoms with Crippen molar-refractivity contribution < 1.29 is 29.0 Å². The fourth-order valence-corrected chi connectivity index (χ4v) is 6.34. The topological polar surface area (TPSA) is 137 Å². The van der Waals surface area contributed by atoms with Crippen LogP contribution < -0.4 is 16.1 Å². The summed E-state index contributed by atoms with van der Waals surface area (Å²) >= 11 is 0. The average molecular weight is 647 g/mol. The zero-order chi connectivity index (χ0) is 34.1. The number of aromatic hydroxyl groups is 1. The predicted molar refractivity (Wildman–Crippen MR) is 181 cm³/mol. The molecule has 0 saturated carbocycles. The summed E-state index contributed by atoms with van der Waals surface area (Å²) in [7, 11) is 1.60. The number of carbonyl (C=O) groups is 4. The van der Waals surface area contributed by atoms with Gasteiger partial charge in [0.15, 0.2) is 0 Å². The third-order valence-electron chi connectivity index (χ3n) is 9.36. The zero-order valence-electron chi connectivity index (χ0n) is 28.2. The Morgan fingerprint density at radius 1 is 0.979 bits per heavy atom. The lowest BCUT2D eigenvalue weighted by atomic mass is 9.84. The Hall–Kier alpha value is -4.02. The molecule has 2 aromatic carbocycles. The monoisotopic (exact) mass is 646 g/mol. The van der Waals surface area contributed by atoms with E-state index in [1.807, 2.05) is 58.0 Å². The number of Topliss-reactive ketones (excluding diaryl/α,β-unsaturated/α-hetero) is 1. The third kappa shape index (κ3) is 9.74. The number of hydrazine groups is 1. The summed E-state index contributed by atoms with van der Waals surface area (Å²) in [6, 6.07) is 12.6. The highest BCUT2D eigenvalue weighted by Gasteiger charge is 2.36. The number of phenolic OH excluding ortho intramolecular Hbond substituents is 1. The van der Waals surface area contributed by atoms with Gasteiger partial charge in [-0.15, -0.1) is 0 Å². The molecule has 10 nitrogen and oxygen atoms in total. The molecule has 6 atom stereocenters. The fraction of sp³-hybridized carbons (Fsp3) is 0.514. The van der Waals surface area contributed by atoms with Crippen LogP contribution in [-0.4, -0.2) is 65.5 Å². The molecule has 254 valence electrons. The maximum atomic E-state index is 14.1. The molecular formula is C37H50N4O6. The van der Waals surface area contributed by atoms with Gasteiger partial charge in [-0.25, -0.2) is 5.43 Å². The minimum absolute atomic E-state index is 0.0165. The first-order chi connectivity index (χ1) is 22.5. The first kappa shape index (κ1) is 35.8. The largest absolute Gasteiger partial charge is 0.508 e. The average Bonchev–Trinajstić information content (AvgIpc) is 3.05. The Kier molecular flexibility index (Phi) is 12.7. The Morgan fingerprint density at radius 2 is 1.74 bits per heavy atom. The van der Waals surface area contributed by atoms with Crippen molar-refractivity contribution in [3.05, 3.63) is 71.3 Å². The number of hydrogen-bond acceptors (Lipinski definition) is 7. The molecule has 2 aromatic rings. The summed E-state index contributed by atoms with van der Waals surface area (Å²) < 4.78 is 5.73. The van der Waals surface area contributed by atoms with Gasteiger partial charge >= 0.3 is 0 Å². The van der Waals surface area contributed by atoms with E-state index in [1.165, 1.54) is 5.01 Å². The maximum absolute atomic E-state index is 14.1. The predicted octanol–water partition coefficient (Wildman–Crippen LogP) is 4.48. The van der Waals surface area contributed by atoms with Crippen LogP contribution >= 0.6 is 0 Å². The number of benzene rings is 2. The summed E-state index contributed by atoms with van der Waals surface area (Å²) in [6.45, 7) is 7.92. The van der Waals surface area contributed by atoms with Gasteiger partial charge in [0.1, 0.15) is 23.6 Å². The van der Waals surface area contributed by atoms with Crippen LogP contribution in [0, 0.1) is 17.8 Å². The summed E-state index contributed by atoms with van der Waals surface area (Å²) in [5.74, 6) is -2.28. The number of carbonyl (C=O) groups excluding carboxylic acids is 4. The van der Waals surface area contributed by atoms with Gasteiger partial charge < -0.3 is 20.5 Å². The minimum Gasteiger partial charge on any atom is -0.508 e. The van der Waals surface area contributed by atoms with Crippen molar-refractivity contribution in [2.45, 2.75) is 90.4 Å². The first-order valence-electron chi connectivity index (χ1n) is 16.7. The molecule has 47 heavy (non-hydrogen) atoms. The molecular weight excluding hydrogens is 596 g/mol. The lowest BCUT2D eigenvalue weighted by molar-refractivity contribution is -0.144. The van der Waals surface area contributed by atoms with Crippen LogP contribution in [0.1, 0.15) is 82.5 Å². The number of rotatable bonds is 4. The molecule has 3 amide bonds. The van der Waals surface area contributed by atoms with E-state index in [0.29, 0.717) is 37.8 Å². The molecule has 4 N–H and O–H groups in total. The van der Waals surface area contributed by atoms with E-state index in [1.54, 1.807) is 31.4 Å². The lowest BCUT2D eigenvalue weighted by Gasteiger charge is -2.36. The van der Waals surface area contributed by atoms with Crippen LogP contribution in [0.4, 0.5) is 0 Å². The number of ketones is 1. The molecule has 0 radical (unpaired) electrons. The minimum atomic E-state index is -0.995. The van der Waals surface area contributed by atoms with Crippen LogP contribution in [-0.2, 0) is 30.3 Å². The highest BCUT2D eigenvalue weighted by molar-refractivity contribution is 5.92. The molecule has 10 heteroatoms. The van der Waals surface area contributed by atoms with E-state index in [0.717, 1.165) is 11.1 Å². The van der Waals surface area contributed by atoms with Gasteiger partial charge in [-0.1, -0.05) is 63.3 Å². The van der Waals surface area contributed by atoms with Crippen LogP contribution in [0.5, 0.6) is 5.75 Å². The number of amides is 3. The van der Waals surface area contributed by atoms with Crippen molar-refractivity contribution >= 4 is 29.6 Å². The summed E-state index contributed by atoms with van der Waals surface area (Å²) in [5.41, 5.74) is 5.72. The van der Waals surface area contributed by atoms with E-state index in [2.05, 4.69) is 22.1 Å². The maximum Gasteiger partial charge on any atom is 0.259 e. The second kappa shape index (κ2) is 16.7. The van der Waals surface area contributed by atoms with Gasteiger partial charge in [0, 0.05) is 38.3 Å². The molecule has 2 aliphatic heterocycles. The molecule has 1 saturated heterocycles. The van der Waals surface area contributed by atoms with Crippen molar-refractivity contribution in [1.29, 1.82) is 0 Å². The summed E-state index contributed by atoms with van der Waals surface area (Å²) in [5, 5.41) is 17.5. The quantitative estimate of drug-likeness (QED) is 0.385. The van der Waals surface area contributed by atoms with Crippen molar-refractivity contribution in [2.75, 3.05) is 13.7 Å². The number of methoxy groups -OCH3 is 1. The van der Waals surface area contributed by atoms with Gasteiger partial charge in [-0.3, -0.25) is 24.2 Å². The van der Waals surface area contributed by atoms with E-state index >= 15 is 0 Å². The first-order valence-corrected chi connectivity index (χ1v) is 16.7. The van der Waals surface area contributed by atoms with Gasteiger partial charge in [-0.2, -0.15) is 0 Å². The molecule has 0 spiro atoms. The Balaban J connectivity index is 1.66. The highest BCUT2D eigenvalue weighted by atomic mass is 16.5. The molecule has 4 rings (SSSR count). The molecule has 2 heterocycles. The second-order valence-electron chi connectivity index (χ2n) is 13.2. The van der Waals surface area contributed by atoms with Crippen LogP contribution in [0.25, 0.3) is 6.08 Å². The molecule has 0 unspecified atom stereocenters. The smallest absolute Gasteiger partial charge is 0.259 e. The molecule has 1 fully saturated rings. The number of nitrogens with zero attached hydrogens (tertiary/aromatic N) is 1.